The molecule has 1 aliphatic heterocycles. The van der Waals surface area contributed by atoms with Gasteiger partial charge < -0.3 is 38.5 Å². The zero-order valence-corrected chi connectivity index (χ0v) is 24.5. The SMILES string of the molecule is COc1ccccc1NC(=O)N(CCN1CCOCC1)CC(=O)N(CCc1ccc(OC)c(OC)c1)Cc1ccco1. The zero-order valence-electron chi connectivity index (χ0n) is 24.5. The summed E-state index contributed by atoms with van der Waals surface area (Å²) < 4.78 is 27.2. The number of furan rings is 1. The van der Waals surface area contributed by atoms with Crippen molar-refractivity contribution in [3.63, 3.8) is 0 Å². The van der Waals surface area contributed by atoms with E-state index in [9.17, 15) is 9.59 Å². The van der Waals surface area contributed by atoms with E-state index in [-0.39, 0.29) is 25.0 Å². The Labute approximate surface area is 246 Å². The van der Waals surface area contributed by atoms with Crippen LogP contribution in [0.2, 0.25) is 0 Å². The molecule has 11 nitrogen and oxygen atoms in total. The van der Waals surface area contributed by atoms with Crippen LogP contribution in [0.1, 0.15) is 11.3 Å². The highest BCUT2D eigenvalue weighted by atomic mass is 16.5. The lowest BCUT2D eigenvalue weighted by molar-refractivity contribution is -0.132. The molecule has 1 fully saturated rings. The van der Waals surface area contributed by atoms with Crippen molar-refractivity contribution in [3.8, 4) is 17.2 Å². The van der Waals surface area contributed by atoms with Gasteiger partial charge in [-0.2, -0.15) is 0 Å². The van der Waals surface area contributed by atoms with E-state index in [0.29, 0.717) is 68.0 Å². The first kappa shape index (κ1) is 30.7. The van der Waals surface area contributed by atoms with Crippen LogP contribution in [-0.2, 0) is 22.5 Å². The van der Waals surface area contributed by atoms with Gasteiger partial charge in [0.2, 0.25) is 5.91 Å². The molecular weight excluding hydrogens is 540 g/mol. The number of para-hydroxylation sites is 2. The van der Waals surface area contributed by atoms with E-state index in [4.69, 9.17) is 23.4 Å². The summed E-state index contributed by atoms with van der Waals surface area (Å²) in [7, 11) is 4.74. The van der Waals surface area contributed by atoms with E-state index in [1.807, 2.05) is 36.4 Å². The van der Waals surface area contributed by atoms with Gasteiger partial charge in [0.1, 0.15) is 18.1 Å². The highest BCUT2D eigenvalue weighted by molar-refractivity contribution is 5.93. The molecule has 11 heteroatoms. The summed E-state index contributed by atoms with van der Waals surface area (Å²) in [5, 5.41) is 2.92. The number of hydrogen-bond acceptors (Lipinski definition) is 8. The summed E-state index contributed by atoms with van der Waals surface area (Å²) >= 11 is 0. The Morgan fingerprint density at radius 1 is 0.881 bits per heavy atom. The molecule has 0 radical (unpaired) electrons. The molecule has 2 aromatic carbocycles. The fourth-order valence-electron chi connectivity index (χ4n) is 4.73. The molecule has 0 aliphatic carbocycles. The van der Waals surface area contributed by atoms with Crippen LogP contribution in [0.5, 0.6) is 17.2 Å². The lowest BCUT2D eigenvalue weighted by Crippen LogP contribution is -2.48. The smallest absolute Gasteiger partial charge is 0.322 e. The zero-order chi connectivity index (χ0) is 29.7. The minimum atomic E-state index is -0.376. The Kier molecular flexibility index (Phi) is 11.5. The maximum Gasteiger partial charge on any atom is 0.322 e. The van der Waals surface area contributed by atoms with Crippen LogP contribution in [0.4, 0.5) is 10.5 Å². The first-order chi connectivity index (χ1) is 20.5. The molecule has 3 aromatic rings. The first-order valence-corrected chi connectivity index (χ1v) is 14.0. The number of carbonyl (C=O) groups is 2. The van der Waals surface area contributed by atoms with E-state index in [1.54, 1.807) is 55.6 Å². The van der Waals surface area contributed by atoms with Crippen molar-refractivity contribution in [1.82, 2.24) is 14.7 Å². The third-order valence-electron chi connectivity index (χ3n) is 7.15. The highest BCUT2D eigenvalue weighted by Gasteiger charge is 2.24. The van der Waals surface area contributed by atoms with Crippen molar-refractivity contribution in [2.75, 3.05) is 79.1 Å². The number of hydrogen-bond donors (Lipinski definition) is 1. The largest absolute Gasteiger partial charge is 0.495 e. The molecule has 0 saturated carbocycles. The van der Waals surface area contributed by atoms with Crippen LogP contribution in [0, 0.1) is 0 Å². The molecule has 1 N–H and O–H groups in total. The summed E-state index contributed by atoms with van der Waals surface area (Å²) in [6.07, 6.45) is 2.16. The molecule has 0 unspecified atom stereocenters. The average Bonchev–Trinajstić information content (AvgIpc) is 3.55. The quantitative estimate of drug-likeness (QED) is 0.308. The Morgan fingerprint density at radius 2 is 1.64 bits per heavy atom. The third-order valence-corrected chi connectivity index (χ3v) is 7.15. The fourth-order valence-corrected chi connectivity index (χ4v) is 4.73. The Bertz CT molecular complexity index is 1280. The van der Waals surface area contributed by atoms with Crippen molar-refractivity contribution in [2.45, 2.75) is 13.0 Å². The number of morpholine rings is 1. The van der Waals surface area contributed by atoms with Gasteiger partial charge in [0.05, 0.1) is 53.0 Å². The molecule has 42 heavy (non-hydrogen) atoms. The summed E-state index contributed by atoms with van der Waals surface area (Å²) in [4.78, 5) is 32.9. The molecular formula is C31H40N4O7. The molecule has 0 spiro atoms. The van der Waals surface area contributed by atoms with Gasteiger partial charge in [-0.15, -0.1) is 0 Å². The Hall–Kier alpha value is -4.22. The predicted octanol–water partition coefficient (Wildman–Crippen LogP) is 3.74. The van der Waals surface area contributed by atoms with Crippen molar-refractivity contribution in [2.24, 2.45) is 0 Å². The van der Waals surface area contributed by atoms with Gasteiger partial charge in [-0.1, -0.05) is 18.2 Å². The maximum absolute atomic E-state index is 13.8. The summed E-state index contributed by atoms with van der Waals surface area (Å²) in [5.41, 5.74) is 1.53. The summed E-state index contributed by atoms with van der Waals surface area (Å²) in [6, 6.07) is 16.2. The maximum atomic E-state index is 13.8. The predicted molar refractivity (Wildman–Crippen MR) is 158 cm³/mol. The van der Waals surface area contributed by atoms with Crippen molar-refractivity contribution < 1.29 is 33.0 Å². The van der Waals surface area contributed by atoms with Crippen LogP contribution in [0.3, 0.4) is 0 Å². The first-order valence-electron chi connectivity index (χ1n) is 14.0. The highest BCUT2D eigenvalue weighted by Crippen LogP contribution is 2.28. The Morgan fingerprint density at radius 3 is 2.36 bits per heavy atom. The Balaban J connectivity index is 1.49. The number of urea groups is 1. The second-order valence-corrected chi connectivity index (χ2v) is 9.84. The second kappa shape index (κ2) is 15.7. The van der Waals surface area contributed by atoms with E-state index in [2.05, 4.69) is 10.2 Å². The van der Waals surface area contributed by atoms with Crippen molar-refractivity contribution in [3.05, 3.63) is 72.2 Å². The van der Waals surface area contributed by atoms with Gasteiger partial charge in [-0.25, -0.2) is 4.79 Å². The van der Waals surface area contributed by atoms with Gasteiger partial charge in [0.25, 0.3) is 0 Å². The lowest BCUT2D eigenvalue weighted by atomic mass is 10.1. The van der Waals surface area contributed by atoms with Crippen LogP contribution in [0.15, 0.2) is 65.3 Å². The van der Waals surface area contributed by atoms with Gasteiger partial charge in [0, 0.05) is 32.7 Å². The minimum Gasteiger partial charge on any atom is -0.495 e. The molecule has 4 rings (SSSR count). The number of ether oxygens (including phenoxy) is 4. The lowest BCUT2D eigenvalue weighted by Gasteiger charge is -2.31. The molecule has 226 valence electrons. The molecule has 3 amide bonds. The topological polar surface area (TPSA) is 106 Å². The number of carbonyl (C=O) groups excluding carboxylic acids is 2. The van der Waals surface area contributed by atoms with Gasteiger partial charge in [0.15, 0.2) is 11.5 Å². The third kappa shape index (κ3) is 8.64. The van der Waals surface area contributed by atoms with Crippen LogP contribution >= 0.6 is 0 Å². The molecule has 1 aromatic heterocycles. The van der Waals surface area contributed by atoms with Gasteiger partial charge >= 0.3 is 6.03 Å². The molecule has 1 aliphatic rings. The number of nitrogens with zero attached hydrogens (tertiary/aromatic N) is 3. The normalized spacial score (nSPS) is 13.3. The molecule has 2 heterocycles. The minimum absolute atomic E-state index is 0.0992. The number of benzene rings is 2. The summed E-state index contributed by atoms with van der Waals surface area (Å²) in [5.74, 6) is 2.28. The molecule has 0 bridgehead atoms. The van der Waals surface area contributed by atoms with Crippen LogP contribution in [0.25, 0.3) is 0 Å². The molecule has 0 atom stereocenters. The number of nitrogens with one attached hydrogen (secondary N) is 1. The number of rotatable bonds is 14. The van der Waals surface area contributed by atoms with Crippen LogP contribution in [-0.4, -0.2) is 100 Å². The summed E-state index contributed by atoms with van der Waals surface area (Å²) in [6.45, 7) is 4.47. The monoisotopic (exact) mass is 580 g/mol. The van der Waals surface area contributed by atoms with E-state index in [0.717, 1.165) is 18.7 Å². The molecule has 1 saturated heterocycles. The fraction of sp³-hybridized carbons (Fsp3) is 0.419. The number of methoxy groups -OCH3 is 3. The van der Waals surface area contributed by atoms with Crippen LogP contribution < -0.4 is 19.5 Å². The van der Waals surface area contributed by atoms with Crippen molar-refractivity contribution >= 4 is 17.6 Å². The second-order valence-electron chi connectivity index (χ2n) is 9.84. The standard InChI is InChI=1S/C31H40N4O7/c1-38-27-9-5-4-8-26(27)32-31(37)35(15-14-33-16-19-41-20-17-33)23-30(36)34(22-25-7-6-18-42-25)13-12-24-10-11-28(39-2)29(21-24)40-3/h4-11,18,21H,12-17,19-20,22-23H2,1-3H3,(H,32,37). The van der Waals surface area contributed by atoms with Crippen molar-refractivity contribution in [1.29, 1.82) is 0 Å². The van der Waals surface area contributed by atoms with E-state index >= 15 is 0 Å². The average molecular weight is 581 g/mol. The number of amides is 3. The van der Waals surface area contributed by atoms with Gasteiger partial charge in [-0.05, 0) is 48.4 Å². The van der Waals surface area contributed by atoms with E-state index in [1.165, 1.54) is 0 Å². The van der Waals surface area contributed by atoms with E-state index < -0.39 is 0 Å². The number of anilines is 1. The van der Waals surface area contributed by atoms with Gasteiger partial charge in [-0.3, -0.25) is 9.69 Å².